The van der Waals surface area contributed by atoms with Crippen molar-refractivity contribution in [2.24, 2.45) is 0 Å². The van der Waals surface area contributed by atoms with Crippen molar-refractivity contribution in [3.8, 4) is 56.4 Å². The summed E-state index contributed by atoms with van der Waals surface area (Å²) in [6.45, 7) is 0. The quantitative estimate of drug-likeness (QED) is 0.173. The Balaban J connectivity index is 1.12. The van der Waals surface area contributed by atoms with E-state index in [-0.39, 0.29) is 0 Å². The molecule has 11 aromatic carbocycles. The lowest BCUT2D eigenvalue weighted by Gasteiger charge is -2.14. The maximum absolute atomic E-state index is 7.05. The summed E-state index contributed by atoms with van der Waals surface area (Å²) in [6, 6.07) is 74.4. The topological polar surface area (TPSA) is 65.0 Å². The van der Waals surface area contributed by atoms with Gasteiger partial charge in [-0.25, -0.2) is 15.0 Å². The number of aromatic nitrogens is 3. The average Bonchev–Trinajstić information content (AvgIpc) is 3.99. The largest absolute Gasteiger partial charge is 0.455 e. The first-order valence-corrected chi connectivity index (χ1v) is 22.2. The first-order chi connectivity index (χ1) is 32.7. The van der Waals surface area contributed by atoms with Gasteiger partial charge in [0.05, 0.1) is 0 Å². The van der Waals surface area contributed by atoms with Crippen LogP contribution in [0.1, 0.15) is 0 Å². The third-order valence-electron chi connectivity index (χ3n) is 13.2. The summed E-state index contributed by atoms with van der Waals surface area (Å²) in [5, 5.41) is 13.6. The lowest BCUT2D eigenvalue weighted by atomic mass is 9.90. The molecule has 0 bridgehead atoms. The Hall–Kier alpha value is -8.93. The van der Waals surface area contributed by atoms with Crippen LogP contribution in [-0.4, -0.2) is 15.0 Å². The normalized spacial score (nSPS) is 11.9. The Kier molecular flexibility index (Phi) is 7.91. The molecule has 306 valence electrons. The summed E-state index contributed by atoms with van der Waals surface area (Å²) in [5.74, 6) is 1.76. The zero-order valence-corrected chi connectivity index (χ0v) is 35.4. The van der Waals surface area contributed by atoms with Gasteiger partial charge in [-0.2, -0.15) is 0 Å². The van der Waals surface area contributed by atoms with E-state index in [4.69, 9.17) is 23.8 Å². The first kappa shape index (κ1) is 36.5. The highest BCUT2D eigenvalue weighted by Gasteiger charge is 2.23. The molecular formula is C61H35N3O2. The Morgan fingerprint density at radius 2 is 0.606 bits per heavy atom. The van der Waals surface area contributed by atoms with Crippen molar-refractivity contribution < 1.29 is 8.83 Å². The van der Waals surface area contributed by atoms with Crippen LogP contribution < -0.4 is 0 Å². The van der Waals surface area contributed by atoms with Gasteiger partial charge < -0.3 is 8.83 Å². The van der Waals surface area contributed by atoms with Gasteiger partial charge in [-0.05, 0) is 96.7 Å². The molecule has 0 N–H and O–H groups in total. The van der Waals surface area contributed by atoms with Crippen LogP contribution in [0.4, 0.5) is 0 Å². The predicted molar refractivity (Wildman–Crippen MR) is 272 cm³/mol. The van der Waals surface area contributed by atoms with Crippen LogP contribution in [-0.2, 0) is 0 Å². The van der Waals surface area contributed by atoms with E-state index < -0.39 is 0 Å². The van der Waals surface area contributed by atoms with E-state index in [2.05, 4.69) is 152 Å². The molecule has 3 heterocycles. The number of fused-ring (bicyclic) bond motifs is 14. The number of hydrogen-bond donors (Lipinski definition) is 0. The maximum Gasteiger partial charge on any atom is 0.164 e. The molecule has 0 amide bonds. The van der Waals surface area contributed by atoms with Crippen LogP contribution in [0.3, 0.4) is 0 Å². The Labute approximate surface area is 377 Å². The van der Waals surface area contributed by atoms with E-state index in [1.165, 1.54) is 10.8 Å². The van der Waals surface area contributed by atoms with Crippen molar-refractivity contribution in [3.63, 3.8) is 0 Å². The van der Waals surface area contributed by atoms with Crippen molar-refractivity contribution in [1.82, 2.24) is 15.0 Å². The minimum Gasteiger partial charge on any atom is -0.455 e. The number of hydrogen-bond acceptors (Lipinski definition) is 5. The molecule has 5 heteroatoms. The van der Waals surface area contributed by atoms with Crippen molar-refractivity contribution in [2.75, 3.05) is 0 Å². The minimum atomic E-state index is 0.561. The van der Waals surface area contributed by atoms with Crippen molar-refractivity contribution >= 4 is 87.0 Å². The van der Waals surface area contributed by atoms with Crippen LogP contribution in [0.5, 0.6) is 0 Å². The molecule has 66 heavy (non-hydrogen) atoms. The van der Waals surface area contributed by atoms with Crippen LogP contribution >= 0.6 is 0 Å². The summed E-state index contributed by atoms with van der Waals surface area (Å²) >= 11 is 0. The molecule has 3 aromatic heterocycles. The number of benzene rings is 11. The van der Waals surface area contributed by atoms with E-state index in [0.29, 0.717) is 17.5 Å². The summed E-state index contributed by atoms with van der Waals surface area (Å²) in [7, 11) is 0. The number of rotatable bonds is 5. The monoisotopic (exact) mass is 841 g/mol. The second-order valence-electron chi connectivity index (χ2n) is 17.1. The molecule has 5 nitrogen and oxygen atoms in total. The third-order valence-corrected chi connectivity index (χ3v) is 13.2. The third kappa shape index (κ3) is 5.63. The van der Waals surface area contributed by atoms with Crippen molar-refractivity contribution in [1.29, 1.82) is 0 Å². The van der Waals surface area contributed by atoms with Gasteiger partial charge in [-0.3, -0.25) is 0 Å². The zero-order chi connectivity index (χ0) is 43.3. The van der Waals surface area contributed by atoms with Crippen LogP contribution in [0.15, 0.2) is 221 Å². The van der Waals surface area contributed by atoms with Crippen molar-refractivity contribution in [3.05, 3.63) is 212 Å². The molecule has 0 aliphatic heterocycles. The van der Waals surface area contributed by atoms with Gasteiger partial charge in [0.1, 0.15) is 22.3 Å². The highest BCUT2D eigenvalue weighted by Crippen LogP contribution is 2.47. The lowest BCUT2D eigenvalue weighted by molar-refractivity contribution is 0.670. The van der Waals surface area contributed by atoms with Gasteiger partial charge in [0.25, 0.3) is 0 Å². The maximum atomic E-state index is 7.05. The first-order valence-electron chi connectivity index (χ1n) is 22.2. The van der Waals surface area contributed by atoms with Gasteiger partial charge in [-0.15, -0.1) is 0 Å². The smallest absolute Gasteiger partial charge is 0.164 e. The van der Waals surface area contributed by atoms with Crippen LogP contribution in [0.2, 0.25) is 0 Å². The molecule has 14 aromatic rings. The molecule has 0 atom stereocenters. The fourth-order valence-electron chi connectivity index (χ4n) is 10.2. The molecule has 14 rings (SSSR count). The van der Waals surface area contributed by atoms with Crippen LogP contribution in [0.25, 0.3) is 143 Å². The number of furan rings is 2. The fraction of sp³-hybridized carbons (Fsp3) is 0. The van der Waals surface area contributed by atoms with Crippen molar-refractivity contribution in [2.45, 2.75) is 0 Å². The van der Waals surface area contributed by atoms with E-state index in [0.717, 1.165) is 115 Å². The number of nitrogens with zero attached hydrogens (tertiary/aromatic N) is 3. The Morgan fingerprint density at radius 3 is 1.05 bits per heavy atom. The highest BCUT2D eigenvalue weighted by atomic mass is 16.3. The molecule has 0 fully saturated rings. The SMILES string of the molecule is c1ccc(-c2nc(-c3ccccc3)nc(-c3cc(-c4cc5ccccc5c5c4oc4ccc6ccccc6c45)cc(-c4cc5ccccc5c5c4oc4ccc6ccccc6c45)c3)n2)cc1. The second kappa shape index (κ2) is 14.3. The lowest BCUT2D eigenvalue weighted by Crippen LogP contribution is -2.00. The summed E-state index contributed by atoms with van der Waals surface area (Å²) in [6.07, 6.45) is 0. The second-order valence-corrected chi connectivity index (χ2v) is 17.1. The van der Waals surface area contributed by atoms with Gasteiger partial charge >= 0.3 is 0 Å². The standard InChI is InChI=1S/C61H35N3O2/c1-3-17-38(18-4-1)59-62-60(39-19-5-2-6-20-39)64-61(63-59)44-32-42(49-34-40-21-9-13-25-47(40)55-53-45-23-11-7-15-36(45)27-29-51(53)65-57(49)55)31-43(33-44)50-35-41-22-10-14-26-48(41)56-54-46-24-12-8-16-37(46)28-30-52(54)66-58(50)56/h1-35H. The molecule has 0 saturated carbocycles. The van der Waals surface area contributed by atoms with Gasteiger partial charge in [0.15, 0.2) is 17.5 Å². The fourth-order valence-corrected chi connectivity index (χ4v) is 10.2. The molecule has 0 aliphatic carbocycles. The molecular weight excluding hydrogens is 807 g/mol. The van der Waals surface area contributed by atoms with E-state index in [1.807, 2.05) is 60.7 Å². The summed E-state index contributed by atoms with van der Waals surface area (Å²) < 4.78 is 14.1. The highest BCUT2D eigenvalue weighted by molar-refractivity contribution is 6.30. The van der Waals surface area contributed by atoms with Crippen LogP contribution in [0, 0.1) is 0 Å². The average molecular weight is 842 g/mol. The molecule has 0 unspecified atom stereocenters. The predicted octanol–water partition coefficient (Wildman–Crippen LogP) is 16.6. The van der Waals surface area contributed by atoms with E-state index >= 15 is 0 Å². The molecule has 0 aliphatic rings. The van der Waals surface area contributed by atoms with E-state index in [9.17, 15) is 0 Å². The molecule has 0 saturated heterocycles. The van der Waals surface area contributed by atoms with Gasteiger partial charge in [-0.1, -0.05) is 170 Å². The minimum absolute atomic E-state index is 0.561. The van der Waals surface area contributed by atoms with Gasteiger partial charge in [0.2, 0.25) is 0 Å². The molecule has 0 spiro atoms. The summed E-state index contributed by atoms with van der Waals surface area (Å²) in [4.78, 5) is 15.6. The van der Waals surface area contributed by atoms with Gasteiger partial charge in [0, 0.05) is 49.4 Å². The Bertz CT molecular complexity index is 4020. The Morgan fingerprint density at radius 1 is 0.258 bits per heavy atom. The summed E-state index contributed by atoms with van der Waals surface area (Å²) in [5.41, 5.74) is 9.88. The zero-order valence-electron chi connectivity index (χ0n) is 35.4. The molecule has 0 radical (unpaired) electrons. The van der Waals surface area contributed by atoms with E-state index in [1.54, 1.807) is 0 Å².